The molecule has 0 saturated heterocycles. The molecule has 0 aromatic carbocycles. The van der Waals surface area contributed by atoms with Crippen molar-refractivity contribution < 1.29 is 19.5 Å². The van der Waals surface area contributed by atoms with Crippen LogP contribution in [0.1, 0.15) is 20.8 Å². The minimum absolute atomic E-state index is 0.163. The van der Waals surface area contributed by atoms with Crippen LogP contribution in [-0.4, -0.2) is 22.6 Å². The van der Waals surface area contributed by atoms with Gasteiger partial charge in [-0.2, -0.15) is 0 Å². The molecule has 0 heterocycles. The van der Waals surface area contributed by atoms with Crippen molar-refractivity contribution in [2.45, 2.75) is 20.8 Å². The first-order chi connectivity index (χ1) is 7.36. The third-order valence-electron chi connectivity index (χ3n) is 2.63. The first-order valence-electron chi connectivity index (χ1n) is 4.75. The smallest absolute Gasteiger partial charge is 0.328 e. The van der Waals surface area contributed by atoms with Gasteiger partial charge in [0.05, 0.1) is 0 Å². The van der Waals surface area contributed by atoms with Gasteiger partial charge in [0.2, 0.25) is 0 Å². The summed E-state index contributed by atoms with van der Waals surface area (Å²) in [6.45, 7) is 4.69. The largest absolute Gasteiger partial charge is 0.478 e. The molecule has 16 heavy (non-hydrogen) atoms. The number of hydrogen-bond donors (Lipinski definition) is 1. The maximum atomic E-state index is 11.8. The van der Waals surface area contributed by atoms with Crippen LogP contribution in [0.15, 0.2) is 34.4 Å². The van der Waals surface area contributed by atoms with Crippen LogP contribution in [0.25, 0.3) is 0 Å². The molecule has 0 amide bonds. The Hall–Kier alpha value is -1.97. The number of ketones is 2. The van der Waals surface area contributed by atoms with Gasteiger partial charge >= 0.3 is 5.97 Å². The minimum atomic E-state index is -1.15. The van der Waals surface area contributed by atoms with Crippen LogP contribution >= 0.6 is 0 Å². The summed E-state index contributed by atoms with van der Waals surface area (Å²) in [5.74, 6) is -1.64. The third kappa shape index (κ3) is 2.00. The predicted octanol–water partition coefficient (Wildman–Crippen LogP) is 1.43. The molecule has 0 aromatic heterocycles. The number of Topliss-reactive ketones (excluding diaryl/α,β-unsaturated/α-hetero) is 2. The van der Waals surface area contributed by atoms with Crippen molar-refractivity contribution in [2.75, 3.05) is 0 Å². The molecule has 4 nitrogen and oxygen atoms in total. The van der Waals surface area contributed by atoms with E-state index in [-0.39, 0.29) is 17.1 Å². The Morgan fingerprint density at radius 3 is 2.00 bits per heavy atom. The summed E-state index contributed by atoms with van der Waals surface area (Å²) in [7, 11) is 0. The van der Waals surface area contributed by atoms with Crippen molar-refractivity contribution >= 4 is 17.5 Å². The molecule has 0 spiro atoms. The number of allylic oxidation sites excluding steroid dienone is 5. The van der Waals surface area contributed by atoms with Crippen molar-refractivity contribution in [2.24, 2.45) is 0 Å². The van der Waals surface area contributed by atoms with Crippen LogP contribution < -0.4 is 0 Å². The fourth-order valence-corrected chi connectivity index (χ4v) is 1.47. The van der Waals surface area contributed by atoms with Crippen molar-refractivity contribution in [3.8, 4) is 0 Å². The Labute approximate surface area is 93.0 Å². The monoisotopic (exact) mass is 220 g/mol. The lowest BCUT2D eigenvalue weighted by Gasteiger charge is -2.15. The SMILES string of the molecule is CC1=C(C)C(=O)C(/C=C/C(=O)O)=C(C)C1=O. The average Bonchev–Trinajstić information content (AvgIpc) is 2.23. The highest BCUT2D eigenvalue weighted by Crippen LogP contribution is 2.24. The number of aliphatic carboxylic acids is 1. The zero-order valence-electron chi connectivity index (χ0n) is 9.33. The zero-order chi connectivity index (χ0) is 12.5. The van der Waals surface area contributed by atoms with E-state index in [1.165, 1.54) is 13.0 Å². The summed E-state index contributed by atoms with van der Waals surface area (Å²) >= 11 is 0. The molecule has 1 aliphatic rings. The Kier molecular flexibility index (Phi) is 3.22. The molecule has 0 bridgehead atoms. The molecule has 0 saturated carbocycles. The average molecular weight is 220 g/mol. The van der Waals surface area contributed by atoms with Crippen LogP contribution in [0.2, 0.25) is 0 Å². The molecule has 1 aliphatic carbocycles. The van der Waals surface area contributed by atoms with E-state index < -0.39 is 5.97 Å². The second-order valence-electron chi connectivity index (χ2n) is 3.62. The molecule has 0 aliphatic heterocycles. The van der Waals surface area contributed by atoms with E-state index in [1.807, 2.05) is 0 Å². The quantitative estimate of drug-likeness (QED) is 0.564. The fourth-order valence-electron chi connectivity index (χ4n) is 1.47. The van der Waals surface area contributed by atoms with E-state index in [2.05, 4.69) is 0 Å². The molecule has 0 radical (unpaired) electrons. The lowest BCUT2D eigenvalue weighted by Crippen LogP contribution is -2.19. The molecule has 1 N–H and O–H groups in total. The number of rotatable bonds is 2. The maximum Gasteiger partial charge on any atom is 0.328 e. The summed E-state index contributed by atoms with van der Waals surface area (Å²) in [5.41, 5.74) is 1.26. The standard InChI is InChI=1S/C12H12O4/c1-6-7(2)12(16)9(4-5-10(13)14)8(3)11(6)15/h4-5H,1-3H3,(H,13,14)/b5-4+. The Bertz CT molecular complexity index is 475. The van der Waals surface area contributed by atoms with Crippen LogP contribution in [0.4, 0.5) is 0 Å². The molecular formula is C12H12O4. The van der Waals surface area contributed by atoms with Gasteiger partial charge in [-0.3, -0.25) is 9.59 Å². The molecular weight excluding hydrogens is 208 g/mol. The van der Waals surface area contributed by atoms with Crippen LogP contribution in [0, 0.1) is 0 Å². The fraction of sp³-hybridized carbons (Fsp3) is 0.250. The highest BCUT2D eigenvalue weighted by Gasteiger charge is 2.26. The molecule has 4 heteroatoms. The topological polar surface area (TPSA) is 71.4 Å². The maximum absolute atomic E-state index is 11.8. The molecule has 1 rings (SSSR count). The van der Waals surface area contributed by atoms with E-state index in [0.29, 0.717) is 16.7 Å². The van der Waals surface area contributed by atoms with Crippen molar-refractivity contribution in [1.82, 2.24) is 0 Å². The number of carboxylic acid groups (broad SMARTS) is 1. The van der Waals surface area contributed by atoms with E-state index in [0.717, 1.165) is 6.08 Å². The van der Waals surface area contributed by atoms with Gasteiger partial charge in [-0.05, 0) is 26.8 Å². The minimum Gasteiger partial charge on any atom is -0.478 e. The van der Waals surface area contributed by atoms with E-state index in [1.54, 1.807) is 13.8 Å². The Morgan fingerprint density at radius 1 is 1.00 bits per heavy atom. The summed E-state index contributed by atoms with van der Waals surface area (Å²) in [5, 5.41) is 8.48. The summed E-state index contributed by atoms with van der Waals surface area (Å²) in [6.07, 6.45) is 2.03. The van der Waals surface area contributed by atoms with Gasteiger partial charge in [0.15, 0.2) is 11.6 Å². The second-order valence-corrected chi connectivity index (χ2v) is 3.62. The van der Waals surface area contributed by atoms with Gasteiger partial charge in [-0.1, -0.05) is 0 Å². The number of carbonyl (C=O) groups excluding carboxylic acids is 2. The summed E-state index contributed by atoms with van der Waals surface area (Å²) < 4.78 is 0. The third-order valence-corrected chi connectivity index (χ3v) is 2.63. The number of hydrogen-bond acceptors (Lipinski definition) is 3. The van der Waals surface area contributed by atoms with Crippen molar-refractivity contribution in [3.05, 3.63) is 34.4 Å². The van der Waals surface area contributed by atoms with Crippen molar-refractivity contribution in [3.63, 3.8) is 0 Å². The van der Waals surface area contributed by atoms with E-state index in [9.17, 15) is 14.4 Å². The molecule has 0 aromatic rings. The van der Waals surface area contributed by atoms with Gasteiger partial charge in [0.1, 0.15) is 0 Å². The lowest BCUT2D eigenvalue weighted by molar-refractivity contribution is -0.131. The normalized spacial score (nSPS) is 17.7. The first kappa shape index (κ1) is 12.1. The highest BCUT2D eigenvalue weighted by atomic mass is 16.4. The van der Waals surface area contributed by atoms with Crippen LogP contribution in [0.5, 0.6) is 0 Å². The first-order valence-corrected chi connectivity index (χ1v) is 4.75. The molecule has 0 unspecified atom stereocenters. The predicted molar refractivity (Wildman–Crippen MR) is 57.9 cm³/mol. The highest BCUT2D eigenvalue weighted by molar-refractivity contribution is 6.25. The summed E-state index contributed by atoms with van der Waals surface area (Å²) in [6, 6.07) is 0. The van der Waals surface area contributed by atoms with Crippen LogP contribution in [0.3, 0.4) is 0 Å². The van der Waals surface area contributed by atoms with Gasteiger partial charge in [0, 0.05) is 28.4 Å². The number of carboxylic acids is 1. The molecule has 0 fully saturated rings. The van der Waals surface area contributed by atoms with E-state index >= 15 is 0 Å². The lowest BCUT2D eigenvalue weighted by atomic mass is 9.86. The van der Waals surface area contributed by atoms with Gasteiger partial charge in [-0.15, -0.1) is 0 Å². The van der Waals surface area contributed by atoms with E-state index in [4.69, 9.17) is 5.11 Å². The van der Waals surface area contributed by atoms with Gasteiger partial charge < -0.3 is 5.11 Å². The van der Waals surface area contributed by atoms with Crippen molar-refractivity contribution in [1.29, 1.82) is 0 Å². The Balaban J connectivity index is 3.24. The van der Waals surface area contributed by atoms with Crippen LogP contribution in [-0.2, 0) is 14.4 Å². The Morgan fingerprint density at radius 2 is 1.50 bits per heavy atom. The second kappa shape index (κ2) is 4.26. The van der Waals surface area contributed by atoms with Gasteiger partial charge in [-0.25, -0.2) is 4.79 Å². The number of carbonyl (C=O) groups is 3. The molecule has 84 valence electrons. The summed E-state index contributed by atoms with van der Waals surface area (Å²) in [4.78, 5) is 33.8. The zero-order valence-corrected chi connectivity index (χ0v) is 9.33. The molecule has 0 atom stereocenters. The van der Waals surface area contributed by atoms with Gasteiger partial charge in [0.25, 0.3) is 0 Å².